The lowest BCUT2D eigenvalue weighted by molar-refractivity contribution is -0.137. The molecule has 0 amide bonds. The number of esters is 1. The SMILES string of the molecule is CCOC(=O)c1c(NC(=S)N2CCN(c3cccc(C(F)(F)F)c3)CC2)sc(C)c1-c1ccccc1. The van der Waals surface area contributed by atoms with Crippen molar-refractivity contribution in [3.63, 3.8) is 0 Å². The molecule has 10 heteroatoms. The number of thiophene rings is 1. The van der Waals surface area contributed by atoms with E-state index in [1.54, 1.807) is 13.0 Å². The number of benzene rings is 2. The van der Waals surface area contributed by atoms with Crippen LogP contribution in [0.25, 0.3) is 11.1 Å². The lowest BCUT2D eigenvalue weighted by Crippen LogP contribution is -2.50. The van der Waals surface area contributed by atoms with Gasteiger partial charge in [0.05, 0.1) is 12.2 Å². The third-order valence-corrected chi connectivity index (χ3v) is 7.33. The monoisotopic (exact) mass is 533 g/mol. The summed E-state index contributed by atoms with van der Waals surface area (Å²) in [6, 6.07) is 15.0. The van der Waals surface area contributed by atoms with Gasteiger partial charge in [-0.2, -0.15) is 13.2 Å². The molecule has 0 atom stereocenters. The maximum Gasteiger partial charge on any atom is 0.416 e. The van der Waals surface area contributed by atoms with Crippen LogP contribution in [0.3, 0.4) is 0 Å². The summed E-state index contributed by atoms with van der Waals surface area (Å²) in [4.78, 5) is 17.8. The molecule has 0 saturated carbocycles. The molecule has 0 bridgehead atoms. The molecule has 2 heterocycles. The molecule has 0 aliphatic carbocycles. The van der Waals surface area contributed by atoms with E-state index < -0.39 is 17.7 Å². The van der Waals surface area contributed by atoms with Crippen LogP contribution in [0.4, 0.5) is 23.9 Å². The smallest absolute Gasteiger partial charge is 0.416 e. The van der Waals surface area contributed by atoms with E-state index in [9.17, 15) is 18.0 Å². The Morgan fingerprint density at radius 2 is 1.78 bits per heavy atom. The van der Waals surface area contributed by atoms with Crippen molar-refractivity contribution in [1.29, 1.82) is 0 Å². The van der Waals surface area contributed by atoms with Crippen LogP contribution >= 0.6 is 23.6 Å². The van der Waals surface area contributed by atoms with E-state index in [4.69, 9.17) is 17.0 Å². The van der Waals surface area contributed by atoms with Crippen molar-refractivity contribution in [3.8, 4) is 11.1 Å². The minimum absolute atomic E-state index is 0.253. The molecule has 2 aromatic carbocycles. The van der Waals surface area contributed by atoms with Crippen molar-refractivity contribution in [2.45, 2.75) is 20.0 Å². The Bertz CT molecular complexity index is 1240. The van der Waals surface area contributed by atoms with Gasteiger partial charge in [-0.15, -0.1) is 11.3 Å². The minimum atomic E-state index is -4.38. The van der Waals surface area contributed by atoms with Gasteiger partial charge in [0.15, 0.2) is 5.11 Å². The first-order valence-corrected chi connectivity index (χ1v) is 12.8. The molecule has 1 aliphatic heterocycles. The van der Waals surface area contributed by atoms with Crippen LogP contribution in [0, 0.1) is 6.92 Å². The summed E-state index contributed by atoms with van der Waals surface area (Å²) in [5, 5.41) is 4.33. The van der Waals surface area contributed by atoms with Gasteiger partial charge in [-0.25, -0.2) is 4.79 Å². The second-order valence-corrected chi connectivity index (χ2v) is 9.89. The maximum atomic E-state index is 13.1. The van der Waals surface area contributed by atoms with E-state index in [2.05, 4.69) is 5.32 Å². The zero-order valence-corrected chi connectivity index (χ0v) is 21.5. The standard InChI is InChI=1S/C26H26F3N3O2S2/c1-3-34-24(33)22-21(18-8-5-4-6-9-18)17(2)36-23(22)30-25(35)32-14-12-31(13-15-32)20-11-7-10-19(16-20)26(27,28)29/h4-11,16H,3,12-15H2,1-2H3,(H,30,35). The molecule has 1 fully saturated rings. The predicted molar refractivity (Wildman–Crippen MR) is 142 cm³/mol. The largest absolute Gasteiger partial charge is 0.462 e. The number of carbonyl (C=O) groups is 1. The number of piperazine rings is 1. The van der Waals surface area contributed by atoms with Gasteiger partial charge in [-0.05, 0) is 49.8 Å². The van der Waals surface area contributed by atoms with Crippen molar-refractivity contribution in [1.82, 2.24) is 4.90 Å². The van der Waals surface area contributed by atoms with E-state index >= 15 is 0 Å². The number of alkyl halides is 3. The number of aryl methyl sites for hydroxylation is 1. The molecule has 0 spiro atoms. The van der Waals surface area contributed by atoms with Crippen LogP contribution in [0.1, 0.15) is 27.7 Å². The Kier molecular flexibility index (Phi) is 7.85. The number of ether oxygens (including phenoxy) is 1. The Balaban J connectivity index is 1.49. The van der Waals surface area contributed by atoms with E-state index in [0.717, 1.165) is 22.1 Å². The summed E-state index contributed by atoms with van der Waals surface area (Å²) >= 11 is 7.10. The topological polar surface area (TPSA) is 44.8 Å². The fourth-order valence-corrected chi connectivity index (χ4v) is 5.62. The Morgan fingerprint density at radius 1 is 1.08 bits per heavy atom. The van der Waals surface area contributed by atoms with E-state index in [1.165, 1.54) is 23.5 Å². The van der Waals surface area contributed by atoms with Crippen molar-refractivity contribution < 1.29 is 22.7 Å². The van der Waals surface area contributed by atoms with Gasteiger partial charge in [0, 0.05) is 42.3 Å². The first kappa shape index (κ1) is 26.0. The number of nitrogens with zero attached hydrogens (tertiary/aromatic N) is 2. The summed E-state index contributed by atoms with van der Waals surface area (Å²) in [7, 11) is 0. The summed E-state index contributed by atoms with van der Waals surface area (Å²) in [6.45, 7) is 6.08. The van der Waals surface area contributed by atoms with E-state index in [0.29, 0.717) is 47.5 Å². The summed E-state index contributed by atoms with van der Waals surface area (Å²) in [5.41, 5.74) is 2.07. The zero-order valence-electron chi connectivity index (χ0n) is 19.9. The third-order valence-electron chi connectivity index (χ3n) is 5.95. The first-order valence-electron chi connectivity index (χ1n) is 11.5. The molecule has 5 nitrogen and oxygen atoms in total. The molecule has 0 radical (unpaired) electrons. The van der Waals surface area contributed by atoms with Gasteiger partial charge in [0.2, 0.25) is 0 Å². The Labute approximate surface area is 217 Å². The van der Waals surface area contributed by atoms with E-state index in [1.807, 2.05) is 47.1 Å². The average molecular weight is 534 g/mol. The number of rotatable bonds is 5. The highest BCUT2D eigenvalue weighted by molar-refractivity contribution is 7.80. The Morgan fingerprint density at radius 3 is 2.42 bits per heavy atom. The van der Waals surface area contributed by atoms with Gasteiger partial charge in [-0.3, -0.25) is 0 Å². The van der Waals surface area contributed by atoms with Crippen LogP contribution in [0.5, 0.6) is 0 Å². The number of hydrogen-bond donors (Lipinski definition) is 1. The molecule has 0 unspecified atom stereocenters. The molecule has 1 aromatic heterocycles. The molecule has 1 saturated heterocycles. The maximum absolute atomic E-state index is 13.1. The first-order chi connectivity index (χ1) is 17.2. The van der Waals surface area contributed by atoms with Crippen LogP contribution < -0.4 is 10.2 Å². The normalized spacial score (nSPS) is 14.0. The zero-order chi connectivity index (χ0) is 25.9. The molecule has 3 aromatic rings. The lowest BCUT2D eigenvalue weighted by Gasteiger charge is -2.37. The van der Waals surface area contributed by atoms with Crippen LogP contribution in [-0.2, 0) is 10.9 Å². The van der Waals surface area contributed by atoms with Gasteiger partial charge in [0.1, 0.15) is 10.6 Å². The number of nitrogens with one attached hydrogen (secondary N) is 1. The highest BCUT2D eigenvalue weighted by Gasteiger charge is 2.31. The highest BCUT2D eigenvalue weighted by atomic mass is 32.1. The molecule has 1 N–H and O–H groups in total. The molecule has 1 aliphatic rings. The molecule has 4 rings (SSSR count). The predicted octanol–water partition coefficient (Wildman–Crippen LogP) is 6.44. The number of anilines is 2. The second kappa shape index (κ2) is 10.9. The number of hydrogen-bond acceptors (Lipinski definition) is 5. The average Bonchev–Trinajstić information content (AvgIpc) is 3.19. The van der Waals surface area contributed by atoms with Crippen LogP contribution in [0.2, 0.25) is 0 Å². The van der Waals surface area contributed by atoms with E-state index in [-0.39, 0.29) is 6.61 Å². The fraction of sp³-hybridized carbons (Fsp3) is 0.308. The van der Waals surface area contributed by atoms with Crippen LogP contribution in [0.15, 0.2) is 54.6 Å². The fourth-order valence-electron chi connectivity index (χ4n) is 4.21. The van der Waals surface area contributed by atoms with Crippen molar-refractivity contribution in [3.05, 3.63) is 70.6 Å². The molecular formula is C26H26F3N3O2S2. The van der Waals surface area contributed by atoms with Crippen molar-refractivity contribution in [2.24, 2.45) is 0 Å². The summed E-state index contributed by atoms with van der Waals surface area (Å²) < 4.78 is 44.7. The Hall–Kier alpha value is -3.11. The van der Waals surface area contributed by atoms with Gasteiger partial charge in [-0.1, -0.05) is 36.4 Å². The second-order valence-electron chi connectivity index (χ2n) is 8.28. The van der Waals surface area contributed by atoms with Gasteiger partial charge >= 0.3 is 12.1 Å². The molecule has 190 valence electrons. The number of carbonyl (C=O) groups excluding carboxylic acids is 1. The lowest BCUT2D eigenvalue weighted by atomic mass is 10.0. The van der Waals surface area contributed by atoms with Gasteiger partial charge < -0.3 is 19.9 Å². The highest BCUT2D eigenvalue weighted by Crippen LogP contribution is 2.40. The summed E-state index contributed by atoms with van der Waals surface area (Å²) in [6.07, 6.45) is -4.38. The quantitative estimate of drug-likeness (QED) is 0.301. The third kappa shape index (κ3) is 5.65. The number of halogens is 3. The summed E-state index contributed by atoms with van der Waals surface area (Å²) in [5.74, 6) is -0.416. The van der Waals surface area contributed by atoms with Gasteiger partial charge in [0.25, 0.3) is 0 Å². The molecule has 36 heavy (non-hydrogen) atoms. The van der Waals surface area contributed by atoms with Crippen LogP contribution in [-0.4, -0.2) is 48.8 Å². The van der Waals surface area contributed by atoms with Crippen molar-refractivity contribution >= 4 is 45.3 Å². The minimum Gasteiger partial charge on any atom is -0.462 e. The number of thiocarbonyl (C=S) groups is 1. The van der Waals surface area contributed by atoms with Crippen molar-refractivity contribution in [2.75, 3.05) is 43.0 Å². The molecular weight excluding hydrogens is 507 g/mol.